The summed E-state index contributed by atoms with van der Waals surface area (Å²) in [5, 5.41) is 0. The molecule has 0 aromatic heterocycles. The third-order valence-electron chi connectivity index (χ3n) is 2.64. The Morgan fingerprint density at radius 2 is 1.38 bits per heavy atom. The fourth-order valence-electron chi connectivity index (χ4n) is 2.11. The molecule has 0 heterocycles. The Morgan fingerprint density at radius 1 is 0.938 bits per heavy atom. The molecule has 3 heteroatoms. The van der Waals surface area contributed by atoms with Gasteiger partial charge >= 0.3 is 104 Å². The van der Waals surface area contributed by atoms with E-state index in [-0.39, 0.29) is 24.8 Å². The maximum absolute atomic E-state index is 2.44. The number of hydrogen-bond acceptors (Lipinski definition) is 0. The minimum Gasteiger partial charge on any atom is -1.00 e. The molecule has 0 spiro atoms. The summed E-state index contributed by atoms with van der Waals surface area (Å²) >= 11 is 1.59. The zero-order valence-electron chi connectivity index (χ0n) is 11.0. The quantitative estimate of drug-likeness (QED) is 0.490. The maximum atomic E-state index is 2.44. The molecule has 0 saturated carbocycles. The van der Waals surface area contributed by atoms with Crippen molar-refractivity contribution >= 4 is 0 Å². The molecule has 16 heavy (non-hydrogen) atoms. The first-order chi connectivity index (χ1) is 6.14. The normalized spacial score (nSPS) is 16.6. The molecule has 0 nitrogen and oxygen atoms in total. The van der Waals surface area contributed by atoms with Crippen molar-refractivity contribution in [3.05, 3.63) is 20.5 Å². The summed E-state index contributed by atoms with van der Waals surface area (Å²) in [6.45, 7) is 13.9. The molecular weight excluding hydrogens is 318 g/mol. The first-order valence-corrected chi connectivity index (χ1v) is 6.53. The van der Waals surface area contributed by atoms with Gasteiger partial charge in [0.15, 0.2) is 0 Å². The molecule has 0 saturated heterocycles. The third kappa shape index (κ3) is 4.32. The summed E-state index contributed by atoms with van der Waals surface area (Å²) in [5.41, 5.74) is 3.83. The van der Waals surface area contributed by atoms with Crippen molar-refractivity contribution in [3.8, 4) is 0 Å². The Bertz CT molecular complexity index is 301. The number of halogens is 2. The van der Waals surface area contributed by atoms with Gasteiger partial charge < -0.3 is 24.8 Å². The largest absolute Gasteiger partial charge is 1.00 e. The van der Waals surface area contributed by atoms with E-state index in [2.05, 4.69) is 47.6 Å². The zero-order valence-corrected chi connectivity index (χ0v) is 15.0. The summed E-state index contributed by atoms with van der Waals surface area (Å²) in [6, 6.07) is 0. The summed E-state index contributed by atoms with van der Waals surface area (Å²) in [6.07, 6.45) is 3.63. The van der Waals surface area contributed by atoms with Gasteiger partial charge in [-0.3, -0.25) is 0 Å². The molecule has 0 atom stereocenters. The first-order valence-electron chi connectivity index (χ1n) is 5.30. The van der Waals surface area contributed by atoms with Gasteiger partial charge in [0.2, 0.25) is 0 Å². The van der Waals surface area contributed by atoms with Gasteiger partial charge in [-0.2, -0.15) is 0 Å². The van der Waals surface area contributed by atoms with E-state index in [1.807, 2.05) is 0 Å². The maximum Gasteiger partial charge on any atom is -1.00 e. The molecule has 91 valence electrons. The van der Waals surface area contributed by atoms with Gasteiger partial charge in [-0.1, -0.05) is 0 Å². The number of rotatable bonds is 0. The van der Waals surface area contributed by atoms with Crippen molar-refractivity contribution in [2.75, 3.05) is 0 Å². The second kappa shape index (κ2) is 6.21. The molecule has 0 aliphatic heterocycles. The van der Waals surface area contributed by atoms with Crippen LogP contribution in [-0.4, -0.2) is 0 Å². The second-order valence-corrected chi connectivity index (χ2v) is 7.66. The monoisotopic (exact) mass is 337 g/mol. The average molecular weight is 339 g/mol. The van der Waals surface area contributed by atoms with E-state index < -0.39 is 0 Å². The van der Waals surface area contributed by atoms with Crippen molar-refractivity contribution < 1.29 is 49.5 Å². The van der Waals surface area contributed by atoms with Gasteiger partial charge in [0.25, 0.3) is 0 Å². The van der Waals surface area contributed by atoms with Crippen LogP contribution in [0.1, 0.15) is 48.0 Å². The summed E-state index contributed by atoms with van der Waals surface area (Å²) in [5.74, 6) is 0. The van der Waals surface area contributed by atoms with Crippen LogP contribution in [0.4, 0.5) is 0 Å². The average Bonchev–Trinajstić information content (AvgIpc) is 2.27. The van der Waals surface area contributed by atoms with Crippen LogP contribution in [0.25, 0.3) is 0 Å². The molecule has 0 unspecified atom stereocenters. The van der Waals surface area contributed by atoms with Crippen LogP contribution in [-0.2, 0) is 24.7 Å². The van der Waals surface area contributed by atoms with Gasteiger partial charge in [0.05, 0.1) is 0 Å². The SMILES string of the molecule is CC(C)(C)C1=CC[C]([Zr+2])=C1C(C)(C)C.[Cl-].[Cl-]. The summed E-state index contributed by atoms with van der Waals surface area (Å²) in [7, 11) is 0. The molecule has 1 aliphatic rings. The van der Waals surface area contributed by atoms with Crippen LogP contribution >= 0.6 is 0 Å². The molecule has 0 fully saturated rings. The molecule has 0 amide bonds. The van der Waals surface area contributed by atoms with E-state index in [9.17, 15) is 0 Å². The third-order valence-corrected chi connectivity index (χ3v) is 3.76. The molecule has 0 bridgehead atoms. The molecule has 0 aromatic carbocycles. The molecule has 1 aliphatic carbocycles. The first kappa shape index (κ1) is 19.3. The second-order valence-electron chi connectivity index (χ2n) is 6.18. The smallest absolute Gasteiger partial charge is 1.00 e. The van der Waals surface area contributed by atoms with Crippen LogP contribution in [0.3, 0.4) is 0 Å². The molecular formula is C13H21Cl2Zr. The number of allylic oxidation sites excluding steroid dienone is 4. The summed E-state index contributed by atoms with van der Waals surface area (Å²) < 4.78 is 1.65. The minimum atomic E-state index is 0. The van der Waals surface area contributed by atoms with Crippen LogP contribution in [0.15, 0.2) is 20.5 Å². The Balaban J connectivity index is 0. The van der Waals surface area contributed by atoms with E-state index in [1.54, 1.807) is 39.1 Å². The van der Waals surface area contributed by atoms with E-state index in [0.717, 1.165) is 0 Å². The van der Waals surface area contributed by atoms with Crippen LogP contribution in [0.5, 0.6) is 0 Å². The minimum absolute atomic E-state index is 0. The van der Waals surface area contributed by atoms with Crippen molar-refractivity contribution in [1.82, 2.24) is 0 Å². The molecule has 0 N–H and O–H groups in total. The van der Waals surface area contributed by atoms with E-state index in [4.69, 9.17) is 0 Å². The Hall–Kier alpha value is 0.943. The predicted octanol–water partition coefficient (Wildman–Crippen LogP) is -1.78. The fraction of sp³-hybridized carbons (Fsp3) is 0.692. The van der Waals surface area contributed by atoms with E-state index in [1.165, 1.54) is 6.42 Å². The Kier molecular flexibility index (Phi) is 7.49. The summed E-state index contributed by atoms with van der Waals surface area (Å²) in [4.78, 5) is 0. The standard InChI is InChI=1S/C13H21.2ClH.Zr/c1-12(2,3)10-8-7-9-11(10)13(4,5)6;;;/h8H,7H2,1-6H3;2*1H;/q;;;+2/p-2. The molecule has 1 rings (SSSR count). The van der Waals surface area contributed by atoms with Gasteiger partial charge in [0, 0.05) is 0 Å². The Labute approximate surface area is 128 Å². The van der Waals surface area contributed by atoms with E-state index >= 15 is 0 Å². The van der Waals surface area contributed by atoms with Crippen molar-refractivity contribution in [1.29, 1.82) is 0 Å². The molecule has 0 radical (unpaired) electrons. The van der Waals surface area contributed by atoms with Gasteiger partial charge in [-0.15, -0.1) is 0 Å². The van der Waals surface area contributed by atoms with Crippen molar-refractivity contribution in [2.45, 2.75) is 48.0 Å². The van der Waals surface area contributed by atoms with Crippen molar-refractivity contribution in [2.24, 2.45) is 10.8 Å². The predicted molar refractivity (Wildman–Crippen MR) is 58.6 cm³/mol. The van der Waals surface area contributed by atoms with Crippen molar-refractivity contribution in [3.63, 3.8) is 0 Å². The van der Waals surface area contributed by atoms with Gasteiger partial charge in [-0.05, 0) is 0 Å². The topological polar surface area (TPSA) is 0 Å². The molecule has 0 aromatic rings. The van der Waals surface area contributed by atoms with Gasteiger partial charge in [-0.25, -0.2) is 0 Å². The zero-order chi connectivity index (χ0) is 11.1. The fourth-order valence-corrected chi connectivity index (χ4v) is 3.61. The van der Waals surface area contributed by atoms with E-state index in [0.29, 0.717) is 10.8 Å². The van der Waals surface area contributed by atoms with Crippen LogP contribution < -0.4 is 24.8 Å². The van der Waals surface area contributed by atoms with Crippen LogP contribution in [0, 0.1) is 10.8 Å². The Morgan fingerprint density at radius 3 is 1.62 bits per heavy atom. The number of hydrogen-bond donors (Lipinski definition) is 0. The van der Waals surface area contributed by atoms with Crippen LogP contribution in [0.2, 0.25) is 0 Å². The van der Waals surface area contributed by atoms with Gasteiger partial charge in [0.1, 0.15) is 0 Å².